The standard InChI is InChI=1S/C21H24N4OS/c1-15-19(16(2)25-24-15)6-5-13-23-21(26)18-10-8-17(9-11-18)14-27-20-7-3-4-12-22-20/h3-4,7-12H,5-6,13-14H2,1-2H3,(H,23,26)(H,24,25). The van der Waals surface area contributed by atoms with Crippen LogP contribution in [0.2, 0.25) is 0 Å². The van der Waals surface area contributed by atoms with Crippen molar-refractivity contribution in [2.75, 3.05) is 6.54 Å². The zero-order valence-corrected chi connectivity index (χ0v) is 16.5. The predicted octanol–water partition coefficient (Wildman–Crippen LogP) is 4.08. The van der Waals surface area contributed by atoms with E-state index in [1.807, 2.05) is 56.3 Å². The quantitative estimate of drug-likeness (QED) is 0.456. The summed E-state index contributed by atoms with van der Waals surface area (Å²) in [6.45, 7) is 4.69. The molecule has 1 amide bonds. The summed E-state index contributed by atoms with van der Waals surface area (Å²) in [5.41, 5.74) is 5.26. The number of hydrogen-bond donors (Lipinski definition) is 2. The Labute approximate surface area is 164 Å². The Hall–Kier alpha value is -2.60. The van der Waals surface area contributed by atoms with E-state index in [9.17, 15) is 4.79 Å². The highest BCUT2D eigenvalue weighted by Crippen LogP contribution is 2.20. The highest BCUT2D eigenvalue weighted by molar-refractivity contribution is 7.98. The molecule has 3 rings (SSSR count). The van der Waals surface area contributed by atoms with Crippen LogP contribution < -0.4 is 5.32 Å². The SMILES string of the molecule is Cc1n[nH]c(C)c1CCCNC(=O)c1ccc(CSc2ccccn2)cc1. The first-order valence-electron chi connectivity index (χ1n) is 9.05. The topological polar surface area (TPSA) is 70.7 Å². The van der Waals surface area contributed by atoms with E-state index in [1.54, 1.807) is 18.0 Å². The van der Waals surface area contributed by atoms with Crippen molar-refractivity contribution in [3.05, 3.63) is 76.7 Å². The van der Waals surface area contributed by atoms with Crippen LogP contribution in [0.25, 0.3) is 0 Å². The number of benzene rings is 1. The van der Waals surface area contributed by atoms with E-state index in [-0.39, 0.29) is 5.91 Å². The third-order valence-electron chi connectivity index (χ3n) is 4.41. The number of amides is 1. The molecular formula is C21H24N4OS. The smallest absolute Gasteiger partial charge is 0.251 e. The maximum atomic E-state index is 12.3. The van der Waals surface area contributed by atoms with E-state index < -0.39 is 0 Å². The van der Waals surface area contributed by atoms with E-state index in [4.69, 9.17) is 0 Å². The van der Waals surface area contributed by atoms with E-state index in [1.165, 1.54) is 11.1 Å². The van der Waals surface area contributed by atoms with Crippen molar-refractivity contribution in [2.45, 2.75) is 37.5 Å². The second-order valence-corrected chi connectivity index (χ2v) is 7.42. The minimum absolute atomic E-state index is 0.0282. The number of nitrogens with zero attached hydrogens (tertiary/aromatic N) is 2. The van der Waals surface area contributed by atoms with Crippen LogP contribution in [0.4, 0.5) is 0 Å². The fraction of sp³-hybridized carbons (Fsp3) is 0.286. The third-order valence-corrected chi connectivity index (χ3v) is 5.43. The molecule has 2 N–H and O–H groups in total. The number of nitrogens with one attached hydrogen (secondary N) is 2. The van der Waals surface area contributed by atoms with Gasteiger partial charge in [0.15, 0.2) is 0 Å². The molecule has 27 heavy (non-hydrogen) atoms. The lowest BCUT2D eigenvalue weighted by Gasteiger charge is -2.07. The Morgan fingerprint density at radius 3 is 2.63 bits per heavy atom. The van der Waals surface area contributed by atoms with E-state index in [0.717, 1.165) is 35.0 Å². The Kier molecular flexibility index (Phi) is 6.65. The first-order chi connectivity index (χ1) is 13.1. The van der Waals surface area contributed by atoms with Gasteiger partial charge in [0.2, 0.25) is 0 Å². The van der Waals surface area contributed by atoms with Crippen molar-refractivity contribution in [2.24, 2.45) is 0 Å². The van der Waals surface area contributed by atoms with Crippen molar-refractivity contribution in [1.29, 1.82) is 0 Å². The lowest BCUT2D eigenvalue weighted by Crippen LogP contribution is -2.24. The number of carbonyl (C=O) groups excluding carboxylic acids is 1. The molecule has 140 valence electrons. The maximum Gasteiger partial charge on any atom is 0.251 e. The molecule has 0 spiro atoms. The average Bonchev–Trinajstić information content (AvgIpc) is 3.02. The molecule has 3 aromatic rings. The lowest BCUT2D eigenvalue weighted by atomic mass is 10.1. The molecule has 0 bridgehead atoms. The Balaban J connectivity index is 1.43. The molecule has 2 heterocycles. The Morgan fingerprint density at radius 1 is 1.15 bits per heavy atom. The fourth-order valence-electron chi connectivity index (χ4n) is 2.85. The van der Waals surface area contributed by atoms with Gasteiger partial charge in [0, 0.05) is 29.8 Å². The maximum absolute atomic E-state index is 12.3. The van der Waals surface area contributed by atoms with Crippen LogP contribution in [0.5, 0.6) is 0 Å². The highest BCUT2D eigenvalue weighted by atomic mass is 32.2. The minimum atomic E-state index is -0.0282. The Bertz CT molecular complexity index is 855. The molecule has 0 aliphatic rings. The van der Waals surface area contributed by atoms with Crippen molar-refractivity contribution in [1.82, 2.24) is 20.5 Å². The number of thioether (sulfide) groups is 1. The number of aryl methyl sites for hydroxylation is 2. The van der Waals surface area contributed by atoms with Crippen molar-refractivity contribution >= 4 is 17.7 Å². The normalized spacial score (nSPS) is 10.7. The van der Waals surface area contributed by atoms with Crippen molar-refractivity contribution in [3.63, 3.8) is 0 Å². The van der Waals surface area contributed by atoms with Crippen molar-refractivity contribution < 1.29 is 4.79 Å². The molecule has 0 fully saturated rings. The summed E-state index contributed by atoms with van der Waals surface area (Å²) < 4.78 is 0. The van der Waals surface area contributed by atoms with Gasteiger partial charge in [-0.15, -0.1) is 11.8 Å². The fourth-order valence-corrected chi connectivity index (χ4v) is 3.67. The molecule has 0 unspecified atom stereocenters. The summed E-state index contributed by atoms with van der Waals surface area (Å²) >= 11 is 1.69. The number of H-pyrrole nitrogens is 1. The average molecular weight is 381 g/mol. The van der Waals surface area contributed by atoms with Crippen LogP contribution in [0.1, 0.15) is 39.3 Å². The molecular weight excluding hydrogens is 356 g/mol. The zero-order chi connectivity index (χ0) is 19.1. The first-order valence-corrected chi connectivity index (χ1v) is 10.0. The molecule has 0 atom stereocenters. The van der Waals surface area contributed by atoms with E-state index in [0.29, 0.717) is 12.1 Å². The number of hydrogen-bond acceptors (Lipinski definition) is 4. The largest absolute Gasteiger partial charge is 0.352 e. The predicted molar refractivity (Wildman–Crippen MR) is 109 cm³/mol. The number of carbonyl (C=O) groups is 1. The molecule has 6 heteroatoms. The molecule has 2 aromatic heterocycles. The van der Waals surface area contributed by atoms with E-state index >= 15 is 0 Å². The van der Waals surface area contributed by atoms with Gasteiger partial charge in [-0.3, -0.25) is 9.89 Å². The molecule has 0 aliphatic carbocycles. The van der Waals surface area contributed by atoms with Gasteiger partial charge in [0.25, 0.3) is 5.91 Å². The number of rotatable bonds is 8. The second kappa shape index (κ2) is 9.37. The molecule has 0 saturated carbocycles. The second-order valence-electron chi connectivity index (χ2n) is 6.43. The molecule has 5 nitrogen and oxygen atoms in total. The van der Waals surface area contributed by atoms with Gasteiger partial charge in [-0.25, -0.2) is 4.98 Å². The Morgan fingerprint density at radius 2 is 1.96 bits per heavy atom. The molecule has 0 saturated heterocycles. The molecule has 0 radical (unpaired) electrons. The number of aromatic nitrogens is 3. The van der Waals surface area contributed by atoms with Crippen LogP contribution in [0, 0.1) is 13.8 Å². The summed E-state index contributed by atoms with van der Waals surface area (Å²) in [6, 6.07) is 13.7. The highest BCUT2D eigenvalue weighted by Gasteiger charge is 2.08. The molecule has 0 aliphatic heterocycles. The summed E-state index contributed by atoms with van der Waals surface area (Å²) in [7, 11) is 0. The van der Waals surface area contributed by atoms with Crippen molar-refractivity contribution in [3.8, 4) is 0 Å². The lowest BCUT2D eigenvalue weighted by molar-refractivity contribution is 0.0953. The van der Waals surface area contributed by atoms with Crippen LogP contribution in [-0.4, -0.2) is 27.6 Å². The molecule has 1 aromatic carbocycles. The van der Waals surface area contributed by atoms with Gasteiger partial charge < -0.3 is 5.32 Å². The summed E-state index contributed by atoms with van der Waals surface area (Å²) in [5, 5.41) is 11.2. The van der Waals surface area contributed by atoms with Crippen LogP contribution in [-0.2, 0) is 12.2 Å². The number of pyridine rings is 1. The van der Waals surface area contributed by atoms with Gasteiger partial charge in [0.05, 0.1) is 10.7 Å². The minimum Gasteiger partial charge on any atom is -0.352 e. The monoisotopic (exact) mass is 380 g/mol. The van der Waals surface area contributed by atoms with Gasteiger partial charge in [0.1, 0.15) is 0 Å². The summed E-state index contributed by atoms with van der Waals surface area (Å²) in [6.07, 6.45) is 3.61. The van der Waals surface area contributed by atoms with Gasteiger partial charge in [-0.2, -0.15) is 5.10 Å². The third kappa shape index (κ3) is 5.44. The summed E-state index contributed by atoms with van der Waals surface area (Å²) in [5.74, 6) is 0.807. The first kappa shape index (κ1) is 19.2. The van der Waals surface area contributed by atoms with Gasteiger partial charge >= 0.3 is 0 Å². The van der Waals surface area contributed by atoms with Crippen LogP contribution in [0.15, 0.2) is 53.7 Å². The zero-order valence-electron chi connectivity index (χ0n) is 15.7. The van der Waals surface area contributed by atoms with Crippen LogP contribution >= 0.6 is 11.8 Å². The van der Waals surface area contributed by atoms with Crippen LogP contribution in [0.3, 0.4) is 0 Å². The van der Waals surface area contributed by atoms with Gasteiger partial charge in [-0.1, -0.05) is 18.2 Å². The van der Waals surface area contributed by atoms with E-state index in [2.05, 4.69) is 20.5 Å². The number of aromatic amines is 1. The van der Waals surface area contributed by atoms with Gasteiger partial charge in [-0.05, 0) is 62.1 Å². The summed E-state index contributed by atoms with van der Waals surface area (Å²) in [4.78, 5) is 16.6.